The minimum atomic E-state index is -0.987. The van der Waals surface area contributed by atoms with Crippen LogP contribution >= 0.6 is 0 Å². The highest BCUT2D eigenvalue weighted by atomic mass is 16.5. The van der Waals surface area contributed by atoms with Gasteiger partial charge in [-0.05, 0) is 0 Å². The average Bonchev–Trinajstić information content (AvgIpc) is 2.02. The Morgan fingerprint density at radius 1 is 1.50 bits per heavy atom. The monoisotopic (exact) mass is 175 g/mol. The summed E-state index contributed by atoms with van der Waals surface area (Å²) in [5.41, 5.74) is 0. The van der Waals surface area contributed by atoms with Crippen molar-refractivity contribution < 1.29 is 19.7 Å². The molecule has 70 valence electrons. The number of nitrogens with one attached hydrogen (secondary N) is 1. The summed E-state index contributed by atoms with van der Waals surface area (Å²) in [6.45, 7) is 1.30. The Kier molecular flexibility index (Phi) is 7.31. The molecule has 0 amide bonds. The van der Waals surface area contributed by atoms with Crippen molar-refractivity contribution in [3.8, 4) is 0 Å². The van der Waals surface area contributed by atoms with Crippen molar-refractivity contribution in [1.29, 1.82) is 0 Å². The minimum Gasteiger partial charge on any atom is -0.478 e. The van der Waals surface area contributed by atoms with E-state index in [0.29, 0.717) is 19.8 Å². The van der Waals surface area contributed by atoms with Crippen LogP contribution in [0, 0.1) is 0 Å². The number of hydrogen-bond acceptors (Lipinski definition) is 4. The van der Waals surface area contributed by atoms with Crippen molar-refractivity contribution in [3.05, 3.63) is 12.3 Å². The molecule has 5 nitrogen and oxygen atoms in total. The molecular weight excluding hydrogens is 162 g/mol. The molecule has 0 heterocycles. The maximum Gasteiger partial charge on any atom is 0.329 e. The highest BCUT2D eigenvalue weighted by Crippen LogP contribution is 1.72. The molecular formula is C7H13NO4. The fourth-order valence-electron chi connectivity index (χ4n) is 0.511. The lowest BCUT2D eigenvalue weighted by atomic mass is 10.6. The van der Waals surface area contributed by atoms with E-state index in [-0.39, 0.29) is 6.61 Å². The first kappa shape index (κ1) is 10.9. The molecule has 3 N–H and O–H groups in total. The zero-order valence-corrected chi connectivity index (χ0v) is 6.69. The Morgan fingerprint density at radius 3 is 2.83 bits per heavy atom. The fraction of sp³-hybridized carbons (Fsp3) is 0.571. The molecule has 0 bridgehead atoms. The van der Waals surface area contributed by atoms with Gasteiger partial charge in [-0.1, -0.05) is 0 Å². The van der Waals surface area contributed by atoms with Crippen LogP contribution in [-0.2, 0) is 9.53 Å². The summed E-state index contributed by atoms with van der Waals surface area (Å²) in [6.07, 6.45) is 2.34. The van der Waals surface area contributed by atoms with E-state index in [1.807, 2.05) is 0 Å². The number of carboxylic acid groups (broad SMARTS) is 1. The predicted octanol–water partition coefficient (Wildman–Crippen LogP) is -0.817. The molecule has 0 aliphatic carbocycles. The van der Waals surface area contributed by atoms with Crippen LogP contribution in [0.2, 0.25) is 0 Å². The second kappa shape index (κ2) is 8.03. The summed E-state index contributed by atoms with van der Waals surface area (Å²) in [6, 6.07) is 0. The minimum absolute atomic E-state index is 0.00493. The van der Waals surface area contributed by atoms with Crippen molar-refractivity contribution in [3.63, 3.8) is 0 Å². The van der Waals surface area contributed by atoms with E-state index in [1.165, 1.54) is 6.20 Å². The number of aliphatic hydroxyl groups excluding tert-OH is 1. The molecule has 0 saturated carbocycles. The van der Waals surface area contributed by atoms with E-state index < -0.39 is 5.97 Å². The van der Waals surface area contributed by atoms with Crippen LogP contribution in [0.4, 0.5) is 0 Å². The number of carboxylic acids is 1. The van der Waals surface area contributed by atoms with Gasteiger partial charge in [0.15, 0.2) is 0 Å². The Hall–Kier alpha value is -1.07. The van der Waals surface area contributed by atoms with Gasteiger partial charge in [0.05, 0.1) is 19.8 Å². The number of ether oxygens (including phenoxy) is 1. The summed E-state index contributed by atoms with van der Waals surface area (Å²) in [5.74, 6) is -0.987. The van der Waals surface area contributed by atoms with E-state index in [2.05, 4.69) is 5.32 Å². The Bertz CT molecular complexity index is 146. The zero-order chi connectivity index (χ0) is 9.23. The van der Waals surface area contributed by atoms with Crippen LogP contribution in [-0.4, -0.2) is 42.5 Å². The third-order valence-corrected chi connectivity index (χ3v) is 0.970. The number of rotatable bonds is 7. The second-order valence-corrected chi connectivity index (χ2v) is 1.96. The molecule has 0 aromatic carbocycles. The Labute approximate surface area is 70.7 Å². The molecule has 0 spiro atoms. The van der Waals surface area contributed by atoms with E-state index in [4.69, 9.17) is 14.9 Å². The van der Waals surface area contributed by atoms with Gasteiger partial charge < -0.3 is 20.3 Å². The van der Waals surface area contributed by atoms with Crippen LogP contribution in [0.15, 0.2) is 12.3 Å². The summed E-state index contributed by atoms with van der Waals surface area (Å²) >= 11 is 0. The lowest BCUT2D eigenvalue weighted by Crippen LogP contribution is -2.15. The molecule has 0 saturated heterocycles. The van der Waals surface area contributed by atoms with Crippen LogP contribution < -0.4 is 5.32 Å². The topological polar surface area (TPSA) is 78.8 Å². The zero-order valence-electron chi connectivity index (χ0n) is 6.69. The first-order chi connectivity index (χ1) is 5.77. The van der Waals surface area contributed by atoms with Gasteiger partial charge in [0.25, 0.3) is 0 Å². The Balaban J connectivity index is 3.05. The summed E-state index contributed by atoms with van der Waals surface area (Å²) in [4.78, 5) is 9.94. The molecule has 0 rings (SSSR count). The van der Waals surface area contributed by atoms with Crippen LogP contribution in [0.3, 0.4) is 0 Å². The maximum absolute atomic E-state index is 9.94. The van der Waals surface area contributed by atoms with Gasteiger partial charge >= 0.3 is 5.97 Å². The molecule has 5 heteroatoms. The highest BCUT2D eigenvalue weighted by Gasteiger charge is 1.85. The van der Waals surface area contributed by atoms with E-state index in [1.54, 1.807) is 0 Å². The molecule has 0 aliphatic rings. The molecule has 0 aromatic heterocycles. The highest BCUT2D eigenvalue weighted by molar-refractivity contribution is 5.79. The number of aliphatic carboxylic acids is 1. The quantitative estimate of drug-likeness (QED) is 0.348. The molecule has 0 radical (unpaired) electrons. The van der Waals surface area contributed by atoms with Crippen molar-refractivity contribution >= 4 is 5.97 Å². The number of hydrogen-bond donors (Lipinski definition) is 3. The smallest absolute Gasteiger partial charge is 0.329 e. The average molecular weight is 175 g/mol. The Morgan fingerprint density at radius 2 is 2.25 bits per heavy atom. The normalized spacial score (nSPS) is 10.4. The maximum atomic E-state index is 9.94. The van der Waals surface area contributed by atoms with Crippen LogP contribution in [0.25, 0.3) is 0 Å². The van der Waals surface area contributed by atoms with E-state index in [0.717, 1.165) is 6.08 Å². The lowest BCUT2D eigenvalue weighted by molar-refractivity contribution is -0.131. The lowest BCUT2D eigenvalue weighted by Gasteiger charge is -2.00. The number of carbonyl (C=O) groups is 1. The van der Waals surface area contributed by atoms with Gasteiger partial charge in [0.1, 0.15) is 0 Å². The van der Waals surface area contributed by atoms with Crippen LogP contribution in [0.5, 0.6) is 0 Å². The van der Waals surface area contributed by atoms with Crippen molar-refractivity contribution in [2.75, 3.05) is 26.4 Å². The SMILES string of the molecule is O=C(O)/C=C/NCCOCCO. The van der Waals surface area contributed by atoms with Gasteiger partial charge in [-0.15, -0.1) is 0 Å². The summed E-state index contributed by atoms with van der Waals surface area (Å²) < 4.78 is 4.90. The first-order valence-corrected chi connectivity index (χ1v) is 3.59. The molecule has 0 aromatic rings. The molecule has 0 unspecified atom stereocenters. The van der Waals surface area contributed by atoms with Gasteiger partial charge in [-0.3, -0.25) is 0 Å². The fourth-order valence-corrected chi connectivity index (χ4v) is 0.511. The molecule has 0 aliphatic heterocycles. The van der Waals surface area contributed by atoms with Gasteiger partial charge in [0, 0.05) is 18.8 Å². The second-order valence-electron chi connectivity index (χ2n) is 1.96. The predicted molar refractivity (Wildman–Crippen MR) is 42.7 cm³/mol. The van der Waals surface area contributed by atoms with Gasteiger partial charge in [0.2, 0.25) is 0 Å². The van der Waals surface area contributed by atoms with Gasteiger partial charge in [-0.2, -0.15) is 0 Å². The van der Waals surface area contributed by atoms with E-state index in [9.17, 15) is 4.79 Å². The number of aliphatic hydroxyl groups is 1. The molecule has 12 heavy (non-hydrogen) atoms. The van der Waals surface area contributed by atoms with Crippen molar-refractivity contribution in [2.24, 2.45) is 0 Å². The van der Waals surface area contributed by atoms with Gasteiger partial charge in [-0.25, -0.2) is 4.79 Å². The van der Waals surface area contributed by atoms with Crippen LogP contribution in [0.1, 0.15) is 0 Å². The van der Waals surface area contributed by atoms with Crippen molar-refractivity contribution in [2.45, 2.75) is 0 Å². The largest absolute Gasteiger partial charge is 0.478 e. The first-order valence-electron chi connectivity index (χ1n) is 3.59. The summed E-state index contributed by atoms with van der Waals surface area (Å²) in [5, 5.41) is 19.2. The van der Waals surface area contributed by atoms with Crippen molar-refractivity contribution in [1.82, 2.24) is 5.32 Å². The standard InChI is InChI=1S/C7H13NO4/c9-4-6-12-5-3-8-2-1-7(10)11/h1-2,8-9H,3-6H2,(H,10,11)/b2-1+. The molecule has 0 fully saturated rings. The summed E-state index contributed by atoms with van der Waals surface area (Å²) in [7, 11) is 0. The third-order valence-electron chi connectivity index (χ3n) is 0.970. The third kappa shape index (κ3) is 8.93. The molecule has 0 atom stereocenters. The van der Waals surface area contributed by atoms with E-state index >= 15 is 0 Å².